The van der Waals surface area contributed by atoms with Gasteiger partial charge in [-0.1, -0.05) is 30.3 Å². The summed E-state index contributed by atoms with van der Waals surface area (Å²) < 4.78 is 24.4. The van der Waals surface area contributed by atoms with Crippen molar-refractivity contribution in [3.63, 3.8) is 0 Å². The molecule has 3 aliphatic heterocycles. The topological polar surface area (TPSA) is 157 Å². The van der Waals surface area contributed by atoms with Crippen LogP contribution in [0.5, 0.6) is 0 Å². The van der Waals surface area contributed by atoms with Crippen molar-refractivity contribution >= 4 is 34.8 Å². The number of hydrogen-bond acceptors (Lipinski definition) is 10. The molecule has 4 fully saturated rings. The van der Waals surface area contributed by atoms with E-state index < -0.39 is 11.7 Å². The number of hydrogen-bond donors (Lipinski definition) is 2. The van der Waals surface area contributed by atoms with E-state index in [0.29, 0.717) is 67.8 Å². The lowest BCUT2D eigenvalue weighted by Crippen LogP contribution is -2.44. The van der Waals surface area contributed by atoms with Gasteiger partial charge in [0.25, 0.3) is 5.56 Å². The zero-order valence-corrected chi connectivity index (χ0v) is 34.5. The second-order valence-electron chi connectivity index (χ2n) is 17.1. The molecule has 9 rings (SSSR count). The predicted octanol–water partition coefficient (Wildman–Crippen LogP) is 6.29. The van der Waals surface area contributed by atoms with Gasteiger partial charge in [0.15, 0.2) is 5.82 Å². The van der Waals surface area contributed by atoms with Crippen molar-refractivity contribution in [2.24, 2.45) is 13.0 Å². The summed E-state index contributed by atoms with van der Waals surface area (Å²) in [5.74, 6) is -0.0599. The lowest BCUT2D eigenvalue weighted by atomic mass is 9.85. The molecule has 0 spiro atoms. The van der Waals surface area contributed by atoms with Crippen LogP contribution in [-0.2, 0) is 21.4 Å². The van der Waals surface area contributed by atoms with E-state index in [1.807, 2.05) is 11.7 Å². The number of nitrogens with one attached hydrogen (secondary N) is 2. The Morgan fingerprint density at radius 1 is 0.902 bits per heavy atom. The fraction of sp³-hybridized carbons (Fsp3) is 0.457. The Kier molecular flexibility index (Phi) is 11.6. The maximum Gasteiger partial charge on any atom is 0.410 e. The first-order valence-electron chi connectivity index (χ1n) is 21.7. The molecule has 61 heavy (non-hydrogen) atoms. The average Bonchev–Trinajstić information content (AvgIpc) is 3.60. The SMILES string of the molecule is Cn1nc(C2CCC(=O)NC2=O)c2ccc(C3CCN(C[C@H]4CC[C@H](OC(=O)N5CCC(Nc6ncc(F)c(-c7cccc(-n8ccccc8=O)c7)n6)CC5)CC4)CC3)cc21. The zero-order valence-electron chi connectivity index (χ0n) is 34.5. The summed E-state index contributed by atoms with van der Waals surface area (Å²) in [5, 5.41) is 11.5. The summed E-state index contributed by atoms with van der Waals surface area (Å²) >= 11 is 0. The molecule has 3 aromatic heterocycles. The van der Waals surface area contributed by atoms with Crippen LogP contribution in [0.4, 0.5) is 15.1 Å². The Hall–Kier alpha value is -5.96. The number of anilines is 1. The fourth-order valence-corrected chi connectivity index (χ4v) is 9.70. The molecule has 6 heterocycles. The highest BCUT2D eigenvalue weighted by atomic mass is 19.1. The first kappa shape index (κ1) is 40.4. The van der Waals surface area contributed by atoms with Crippen LogP contribution >= 0.6 is 0 Å². The molecule has 1 unspecified atom stereocenters. The molecule has 1 saturated carbocycles. The van der Waals surface area contributed by atoms with Gasteiger partial charge in [0.1, 0.15) is 11.8 Å². The molecule has 4 aliphatic rings. The Bertz CT molecular complexity index is 2480. The number of ether oxygens (including phenoxy) is 1. The molecule has 2 N–H and O–H groups in total. The highest BCUT2D eigenvalue weighted by molar-refractivity contribution is 6.02. The van der Waals surface area contributed by atoms with E-state index in [-0.39, 0.29) is 41.3 Å². The van der Waals surface area contributed by atoms with Crippen LogP contribution in [0.15, 0.2) is 77.9 Å². The second-order valence-corrected chi connectivity index (χ2v) is 17.1. The first-order valence-corrected chi connectivity index (χ1v) is 21.7. The van der Waals surface area contributed by atoms with Crippen LogP contribution in [-0.4, -0.2) is 96.9 Å². The molecule has 0 bridgehead atoms. The standard InChI is InChI=1S/C46H52FN9O5/c1-53-39-26-31(10-13-36(39)43(52-53)37-14-15-40(57)50-44(37)59)30-16-21-54(22-17-30)28-29-8-11-35(12-9-29)61-46(60)55-23-18-33(19-24-55)49-45-48-27-38(47)42(51-45)32-5-4-6-34(25-32)56-20-3-2-7-41(56)58/h2-7,10,13,20,25-27,29-30,33,35,37H,8-9,11-12,14-19,21-24,28H2,1H3,(H,48,49,51)(H,50,57,59)/t29-,35-,37?. The van der Waals surface area contributed by atoms with Gasteiger partial charge < -0.3 is 19.9 Å². The highest BCUT2D eigenvalue weighted by Crippen LogP contribution is 2.36. The molecule has 1 aliphatic carbocycles. The van der Waals surface area contributed by atoms with Gasteiger partial charge >= 0.3 is 6.09 Å². The van der Waals surface area contributed by atoms with Crippen LogP contribution < -0.4 is 16.2 Å². The molecule has 14 nitrogen and oxygen atoms in total. The number of aromatic nitrogens is 5. The molecular weight excluding hydrogens is 778 g/mol. The monoisotopic (exact) mass is 829 g/mol. The number of likely N-dealkylation sites (tertiary alicyclic amines) is 2. The second kappa shape index (κ2) is 17.6. The number of carbonyl (C=O) groups is 3. The lowest BCUT2D eigenvalue weighted by Gasteiger charge is -2.37. The molecule has 15 heteroatoms. The molecule has 3 amide bonds. The van der Waals surface area contributed by atoms with Crippen molar-refractivity contribution in [3.8, 4) is 16.9 Å². The number of nitrogens with zero attached hydrogens (tertiary/aromatic N) is 7. The molecule has 5 aromatic rings. The maximum absolute atomic E-state index is 15.0. The number of fused-ring (bicyclic) bond motifs is 1. The predicted molar refractivity (Wildman–Crippen MR) is 228 cm³/mol. The van der Waals surface area contributed by atoms with Gasteiger partial charge in [-0.3, -0.25) is 28.9 Å². The number of aryl methyl sites for hydroxylation is 1. The number of rotatable bonds is 9. The molecule has 318 valence electrons. The van der Waals surface area contributed by atoms with Crippen molar-refractivity contribution in [2.45, 2.75) is 88.2 Å². The van der Waals surface area contributed by atoms with Gasteiger partial charge in [-0.15, -0.1) is 0 Å². The number of benzene rings is 2. The van der Waals surface area contributed by atoms with Gasteiger partial charge in [-0.05, 0) is 113 Å². The third kappa shape index (κ3) is 8.93. The lowest BCUT2D eigenvalue weighted by molar-refractivity contribution is -0.134. The van der Waals surface area contributed by atoms with Crippen molar-refractivity contribution in [1.29, 1.82) is 0 Å². The van der Waals surface area contributed by atoms with Gasteiger partial charge in [0.05, 0.1) is 23.3 Å². The molecule has 1 atom stereocenters. The number of piperidine rings is 3. The summed E-state index contributed by atoms with van der Waals surface area (Å²) in [7, 11) is 1.92. The minimum atomic E-state index is -0.558. The van der Waals surface area contributed by atoms with E-state index >= 15 is 0 Å². The Balaban J connectivity index is 0.703. The third-order valence-electron chi connectivity index (χ3n) is 13.2. The number of pyridine rings is 1. The van der Waals surface area contributed by atoms with Gasteiger partial charge in [-0.25, -0.2) is 19.2 Å². The summed E-state index contributed by atoms with van der Waals surface area (Å²) in [6.45, 7) is 4.27. The van der Waals surface area contributed by atoms with Crippen LogP contribution in [0, 0.1) is 11.7 Å². The minimum absolute atomic E-state index is 0.0156. The highest BCUT2D eigenvalue weighted by Gasteiger charge is 2.33. The van der Waals surface area contributed by atoms with Gasteiger partial charge in [0, 0.05) is 68.0 Å². The molecular formula is C46H52FN9O5. The average molecular weight is 830 g/mol. The van der Waals surface area contributed by atoms with Crippen molar-refractivity contribution in [2.75, 3.05) is 38.0 Å². The van der Waals surface area contributed by atoms with E-state index in [0.717, 1.165) is 81.0 Å². The number of amides is 3. The van der Waals surface area contributed by atoms with Gasteiger partial charge in [0.2, 0.25) is 17.8 Å². The molecule has 0 radical (unpaired) electrons. The summed E-state index contributed by atoms with van der Waals surface area (Å²) in [6.07, 6.45) is 10.7. The quantitative estimate of drug-likeness (QED) is 0.162. The molecule has 3 saturated heterocycles. The van der Waals surface area contributed by atoms with E-state index in [4.69, 9.17) is 9.84 Å². The van der Waals surface area contributed by atoms with E-state index in [1.54, 1.807) is 47.5 Å². The number of imide groups is 1. The van der Waals surface area contributed by atoms with E-state index in [1.165, 1.54) is 16.2 Å². The van der Waals surface area contributed by atoms with Crippen LogP contribution in [0.2, 0.25) is 0 Å². The third-order valence-corrected chi connectivity index (χ3v) is 13.2. The zero-order chi connectivity index (χ0) is 42.0. The Morgan fingerprint density at radius 2 is 1.70 bits per heavy atom. The van der Waals surface area contributed by atoms with E-state index in [2.05, 4.69) is 43.7 Å². The fourth-order valence-electron chi connectivity index (χ4n) is 9.70. The smallest absolute Gasteiger partial charge is 0.410 e. The first-order chi connectivity index (χ1) is 29.6. The van der Waals surface area contributed by atoms with Crippen LogP contribution in [0.1, 0.15) is 87.3 Å². The largest absolute Gasteiger partial charge is 0.446 e. The molecule has 2 aromatic carbocycles. The minimum Gasteiger partial charge on any atom is -0.446 e. The summed E-state index contributed by atoms with van der Waals surface area (Å²) in [4.78, 5) is 62.9. The van der Waals surface area contributed by atoms with E-state index in [9.17, 15) is 23.6 Å². The maximum atomic E-state index is 15.0. The number of carbonyl (C=O) groups excluding carboxylic acids is 3. The Labute approximate surface area is 353 Å². The Morgan fingerprint density at radius 3 is 2.48 bits per heavy atom. The normalized spacial score (nSPS) is 22.0. The summed E-state index contributed by atoms with van der Waals surface area (Å²) in [5.41, 5.74) is 4.19. The van der Waals surface area contributed by atoms with Gasteiger partial charge in [-0.2, -0.15) is 5.10 Å². The van der Waals surface area contributed by atoms with Crippen molar-refractivity contribution in [3.05, 3.63) is 100 Å². The summed E-state index contributed by atoms with van der Waals surface area (Å²) in [6, 6.07) is 18.5. The number of halogens is 1. The van der Waals surface area contributed by atoms with Crippen LogP contribution in [0.3, 0.4) is 0 Å². The van der Waals surface area contributed by atoms with Crippen LogP contribution in [0.25, 0.3) is 27.8 Å². The van der Waals surface area contributed by atoms with Crippen molar-refractivity contribution < 1.29 is 23.5 Å². The van der Waals surface area contributed by atoms with Crippen molar-refractivity contribution in [1.82, 2.24) is 39.4 Å².